The monoisotopic (exact) mass is 234 g/mol. The highest BCUT2D eigenvalue weighted by atomic mass is 16.5. The van der Waals surface area contributed by atoms with Crippen LogP contribution in [0.5, 0.6) is 5.75 Å². The summed E-state index contributed by atoms with van der Waals surface area (Å²) in [4.78, 5) is 0. The Bertz CT molecular complexity index is 376. The maximum absolute atomic E-state index is 5.27. The highest BCUT2D eigenvalue weighted by Crippen LogP contribution is 2.28. The van der Waals surface area contributed by atoms with Gasteiger partial charge in [0, 0.05) is 24.8 Å². The first-order valence-corrected chi connectivity index (χ1v) is 6.33. The van der Waals surface area contributed by atoms with E-state index in [9.17, 15) is 0 Å². The standard InChI is InChI=1S/C14H22N2O/c1-10(2)15-8-11-6-12-7-13(17-3)4-5-14(12)16-9-11/h4-5,7,10-11,15-16H,6,8-9H2,1-3H3. The van der Waals surface area contributed by atoms with Gasteiger partial charge in [-0.15, -0.1) is 0 Å². The Balaban J connectivity index is 2.01. The van der Waals surface area contributed by atoms with E-state index in [1.54, 1.807) is 7.11 Å². The number of ether oxygens (including phenoxy) is 1. The van der Waals surface area contributed by atoms with Crippen molar-refractivity contribution < 1.29 is 4.74 Å². The van der Waals surface area contributed by atoms with E-state index < -0.39 is 0 Å². The van der Waals surface area contributed by atoms with Crippen molar-refractivity contribution >= 4 is 5.69 Å². The Labute approximate surface area is 104 Å². The first-order valence-electron chi connectivity index (χ1n) is 6.33. The second kappa shape index (κ2) is 5.41. The molecule has 0 saturated carbocycles. The molecule has 17 heavy (non-hydrogen) atoms. The molecule has 1 unspecified atom stereocenters. The molecule has 1 aliphatic heterocycles. The zero-order valence-corrected chi connectivity index (χ0v) is 10.9. The topological polar surface area (TPSA) is 33.3 Å². The summed E-state index contributed by atoms with van der Waals surface area (Å²) in [7, 11) is 1.72. The average molecular weight is 234 g/mol. The SMILES string of the molecule is COc1ccc2c(c1)CC(CNC(C)C)CN2. The molecule has 94 valence electrons. The fourth-order valence-corrected chi connectivity index (χ4v) is 2.22. The minimum Gasteiger partial charge on any atom is -0.497 e. The van der Waals surface area contributed by atoms with Crippen molar-refractivity contribution in [2.75, 3.05) is 25.5 Å². The summed E-state index contributed by atoms with van der Waals surface area (Å²) >= 11 is 0. The summed E-state index contributed by atoms with van der Waals surface area (Å²) < 4.78 is 5.27. The van der Waals surface area contributed by atoms with Gasteiger partial charge in [-0.2, -0.15) is 0 Å². The summed E-state index contributed by atoms with van der Waals surface area (Å²) in [5.74, 6) is 1.61. The number of anilines is 1. The van der Waals surface area contributed by atoms with Crippen LogP contribution in [0.1, 0.15) is 19.4 Å². The second-order valence-electron chi connectivity index (χ2n) is 5.04. The fourth-order valence-electron chi connectivity index (χ4n) is 2.22. The molecular weight excluding hydrogens is 212 g/mol. The van der Waals surface area contributed by atoms with Crippen LogP contribution in [0.2, 0.25) is 0 Å². The molecule has 0 aromatic heterocycles. The summed E-state index contributed by atoms with van der Waals surface area (Å²) in [5, 5.41) is 7.00. The molecule has 2 N–H and O–H groups in total. The molecule has 2 rings (SSSR count). The first-order chi connectivity index (χ1) is 8.19. The molecule has 0 saturated heterocycles. The molecule has 3 nitrogen and oxygen atoms in total. The molecule has 0 amide bonds. The molecule has 1 aromatic rings. The molecule has 0 aliphatic carbocycles. The molecule has 1 aliphatic rings. The van der Waals surface area contributed by atoms with Crippen molar-refractivity contribution in [1.29, 1.82) is 0 Å². The lowest BCUT2D eigenvalue weighted by molar-refractivity contribution is 0.412. The van der Waals surface area contributed by atoms with E-state index in [4.69, 9.17) is 4.74 Å². The van der Waals surface area contributed by atoms with Gasteiger partial charge in [0.2, 0.25) is 0 Å². The predicted octanol–water partition coefficient (Wildman–Crippen LogP) is 2.28. The third kappa shape index (κ3) is 3.13. The van der Waals surface area contributed by atoms with E-state index in [1.807, 2.05) is 6.07 Å². The van der Waals surface area contributed by atoms with Gasteiger partial charge in [0.1, 0.15) is 5.75 Å². The van der Waals surface area contributed by atoms with E-state index in [-0.39, 0.29) is 0 Å². The van der Waals surface area contributed by atoms with Crippen LogP contribution in [-0.2, 0) is 6.42 Å². The lowest BCUT2D eigenvalue weighted by Crippen LogP contribution is -2.35. The predicted molar refractivity (Wildman–Crippen MR) is 71.8 cm³/mol. The van der Waals surface area contributed by atoms with E-state index in [2.05, 4.69) is 36.6 Å². The Kier molecular flexibility index (Phi) is 3.89. The highest BCUT2D eigenvalue weighted by Gasteiger charge is 2.18. The van der Waals surface area contributed by atoms with Crippen molar-refractivity contribution in [3.05, 3.63) is 23.8 Å². The summed E-state index contributed by atoms with van der Waals surface area (Å²) in [5.41, 5.74) is 2.62. The second-order valence-corrected chi connectivity index (χ2v) is 5.04. The van der Waals surface area contributed by atoms with Crippen molar-refractivity contribution in [1.82, 2.24) is 5.32 Å². The van der Waals surface area contributed by atoms with Crippen LogP contribution < -0.4 is 15.4 Å². The highest BCUT2D eigenvalue weighted by molar-refractivity contribution is 5.56. The minimum atomic E-state index is 0.557. The van der Waals surface area contributed by atoms with Crippen molar-refractivity contribution in [2.24, 2.45) is 5.92 Å². The van der Waals surface area contributed by atoms with Gasteiger partial charge in [0.05, 0.1) is 7.11 Å². The molecule has 0 bridgehead atoms. The number of benzene rings is 1. The Morgan fingerprint density at radius 3 is 3.00 bits per heavy atom. The minimum absolute atomic E-state index is 0.557. The van der Waals surface area contributed by atoms with Crippen molar-refractivity contribution in [2.45, 2.75) is 26.3 Å². The maximum Gasteiger partial charge on any atom is 0.119 e. The number of hydrogen-bond donors (Lipinski definition) is 2. The van der Waals surface area contributed by atoms with Crippen LogP contribution >= 0.6 is 0 Å². The largest absolute Gasteiger partial charge is 0.497 e. The van der Waals surface area contributed by atoms with Gasteiger partial charge in [-0.3, -0.25) is 0 Å². The van der Waals surface area contributed by atoms with Gasteiger partial charge in [0.15, 0.2) is 0 Å². The normalized spacial score (nSPS) is 18.7. The van der Waals surface area contributed by atoms with E-state index in [1.165, 1.54) is 11.3 Å². The van der Waals surface area contributed by atoms with Crippen LogP contribution in [0.25, 0.3) is 0 Å². The molecule has 0 radical (unpaired) electrons. The van der Waals surface area contributed by atoms with E-state index in [0.29, 0.717) is 12.0 Å². The molecule has 1 aromatic carbocycles. The summed E-state index contributed by atoms with van der Waals surface area (Å²) in [6.45, 7) is 6.50. The zero-order chi connectivity index (χ0) is 12.3. The number of methoxy groups -OCH3 is 1. The van der Waals surface area contributed by atoms with Crippen molar-refractivity contribution in [3.8, 4) is 5.75 Å². The lowest BCUT2D eigenvalue weighted by atomic mass is 9.93. The smallest absolute Gasteiger partial charge is 0.119 e. The zero-order valence-electron chi connectivity index (χ0n) is 10.9. The van der Waals surface area contributed by atoms with Gasteiger partial charge >= 0.3 is 0 Å². The first kappa shape index (κ1) is 12.2. The molecule has 0 spiro atoms. The van der Waals surface area contributed by atoms with E-state index in [0.717, 1.165) is 25.3 Å². The maximum atomic E-state index is 5.27. The lowest BCUT2D eigenvalue weighted by Gasteiger charge is -2.27. The summed E-state index contributed by atoms with van der Waals surface area (Å²) in [6, 6.07) is 6.82. The number of hydrogen-bond acceptors (Lipinski definition) is 3. The quantitative estimate of drug-likeness (QED) is 0.838. The van der Waals surface area contributed by atoms with Crippen LogP contribution in [0, 0.1) is 5.92 Å². The number of fused-ring (bicyclic) bond motifs is 1. The Morgan fingerprint density at radius 1 is 1.47 bits per heavy atom. The molecule has 3 heteroatoms. The number of rotatable bonds is 4. The van der Waals surface area contributed by atoms with Crippen LogP contribution in [0.15, 0.2) is 18.2 Å². The summed E-state index contributed by atoms with van der Waals surface area (Å²) in [6.07, 6.45) is 1.12. The molecule has 1 heterocycles. The van der Waals surface area contributed by atoms with Gasteiger partial charge < -0.3 is 15.4 Å². The van der Waals surface area contributed by atoms with Gasteiger partial charge in [-0.05, 0) is 36.1 Å². The van der Waals surface area contributed by atoms with Gasteiger partial charge in [-0.25, -0.2) is 0 Å². The molecule has 0 fully saturated rings. The fraction of sp³-hybridized carbons (Fsp3) is 0.571. The third-order valence-electron chi connectivity index (χ3n) is 3.22. The molecule has 1 atom stereocenters. The average Bonchev–Trinajstić information content (AvgIpc) is 2.35. The van der Waals surface area contributed by atoms with E-state index >= 15 is 0 Å². The van der Waals surface area contributed by atoms with Crippen LogP contribution in [0.3, 0.4) is 0 Å². The molecular formula is C14H22N2O. The third-order valence-corrected chi connectivity index (χ3v) is 3.22. The van der Waals surface area contributed by atoms with Crippen molar-refractivity contribution in [3.63, 3.8) is 0 Å². The Hall–Kier alpha value is -1.22. The Morgan fingerprint density at radius 2 is 2.29 bits per heavy atom. The number of nitrogens with one attached hydrogen (secondary N) is 2. The van der Waals surface area contributed by atoms with Crippen LogP contribution in [0.4, 0.5) is 5.69 Å². The van der Waals surface area contributed by atoms with Gasteiger partial charge in [-0.1, -0.05) is 13.8 Å². The van der Waals surface area contributed by atoms with Crippen LogP contribution in [-0.4, -0.2) is 26.2 Å². The van der Waals surface area contributed by atoms with Gasteiger partial charge in [0.25, 0.3) is 0 Å².